The topological polar surface area (TPSA) is 59.1 Å². The highest BCUT2D eigenvalue weighted by Gasteiger charge is 2.04. The molecule has 1 unspecified atom stereocenters. The molecule has 0 radical (unpaired) electrons. The normalized spacial score (nSPS) is 12.3. The minimum Gasteiger partial charge on any atom is -0.387 e. The zero-order valence-corrected chi connectivity index (χ0v) is 9.07. The van der Waals surface area contributed by atoms with Crippen LogP contribution in [-0.4, -0.2) is 19.0 Å². The van der Waals surface area contributed by atoms with Gasteiger partial charge in [-0.1, -0.05) is 37.3 Å². The molecule has 3 heteroatoms. The second kappa shape index (κ2) is 6.19. The molecule has 1 aromatic carbocycles. The molecule has 0 aromatic heterocycles. The zero-order valence-electron chi connectivity index (χ0n) is 9.07. The molecule has 0 spiro atoms. The molecule has 1 rings (SSSR count). The van der Waals surface area contributed by atoms with Gasteiger partial charge in [-0.3, -0.25) is 5.41 Å². The van der Waals surface area contributed by atoms with Gasteiger partial charge in [0.1, 0.15) is 0 Å². The van der Waals surface area contributed by atoms with Crippen LogP contribution in [0.5, 0.6) is 0 Å². The lowest BCUT2D eigenvalue weighted by Crippen LogP contribution is -2.24. The largest absolute Gasteiger partial charge is 0.387 e. The van der Waals surface area contributed by atoms with E-state index in [-0.39, 0.29) is 11.8 Å². The molecule has 82 valence electrons. The lowest BCUT2D eigenvalue weighted by Gasteiger charge is -2.09. The van der Waals surface area contributed by atoms with Crippen molar-refractivity contribution in [1.29, 1.82) is 5.41 Å². The van der Waals surface area contributed by atoms with E-state index < -0.39 is 0 Å². The quantitative estimate of drug-likeness (QED) is 0.423. The van der Waals surface area contributed by atoms with Crippen LogP contribution in [0.15, 0.2) is 30.3 Å². The van der Waals surface area contributed by atoms with Gasteiger partial charge in [0.2, 0.25) is 0 Å². The smallest absolute Gasteiger partial charge is 0.0957 e. The van der Waals surface area contributed by atoms with Gasteiger partial charge in [0, 0.05) is 5.92 Å². The van der Waals surface area contributed by atoms with Gasteiger partial charge in [-0.15, -0.1) is 0 Å². The van der Waals surface area contributed by atoms with Crippen LogP contribution in [0.4, 0.5) is 0 Å². The minimum atomic E-state index is 0.0146. The molecule has 0 amide bonds. The third-order valence-electron chi connectivity index (χ3n) is 2.28. The first kappa shape index (κ1) is 11.7. The van der Waals surface area contributed by atoms with Gasteiger partial charge in [-0.2, -0.15) is 0 Å². The summed E-state index contributed by atoms with van der Waals surface area (Å²) in [5.74, 6) is 0.204. The summed E-state index contributed by atoms with van der Waals surface area (Å²) in [6.45, 7) is 3.11. The van der Waals surface area contributed by atoms with E-state index >= 15 is 0 Å². The summed E-state index contributed by atoms with van der Waals surface area (Å²) < 4.78 is 5.44. The van der Waals surface area contributed by atoms with Crippen LogP contribution in [0.3, 0.4) is 0 Å². The van der Waals surface area contributed by atoms with Crippen molar-refractivity contribution in [2.75, 3.05) is 13.2 Å². The lowest BCUT2D eigenvalue weighted by atomic mass is 10.1. The molecule has 1 atom stereocenters. The number of ether oxygens (including phenoxy) is 1. The number of hydrogen-bond acceptors (Lipinski definition) is 2. The predicted molar refractivity (Wildman–Crippen MR) is 62.0 cm³/mol. The van der Waals surface area contributed by atoms with Gasteiger partial charge in [-0.05, 0) is 12.0 Å². The molecule has 0 saturated carbocycles. The summed E-state index contributed by atoms with van der Waals surface area (Å²) in [7, 11) is 0. The molecule has 3 nitrogen and oxygen atoms in total. The van der Waals surface area contributed by atoms with E-state index in [0.29, 0.717) is 13.2 Å². The number of benzene rings is 1. The fraction of sp³-hybridized carbons (Fsp3) is 0.417. The first-order chi connectivity index (χ1) is 7.20. The first-order valence-corrected chi connectivity index (χ1v) is 5.15. The molecule has 0 saturated heterocycles. The molecule has 0 fully saturated rings. The molecule has 0 aliphatic carbocycles. The lowest BCUT2D eigenvalue weighted by molar-refractivity contribution is 0.123. The number of hydrogen-bond donors (Lipinski definition) is 2. The average molecular weight is 206 g/mol. The van der Waals surface area contributed by atoms with E-state index in [1.807, 2.05) is 25.1 Å². The summed E-state index contributed by atoms with van der Waals surface area (Å²) in [5, 5.41) is 7.20. The van der Waals surface area contributed by atoms with Crippen LogP contribution in [0.2, 0.25) is 0 Å². The number of nitrogens with two attached hydrogens (primary N) is 1. The van der Waals surface area contributed by atoms with Crippen molar-refractivity contribution in [2.24, 2.45) is 11.7 Å². The van der Waals surface area contributed by atoms with Gasteiger partial charge in [0.25, 0.3) is 0 Å². The van der Waals surface area contributed by atoms with E-state index in [1.54, 1.807) is 0 Å². The Labute approximate surface area is 90.8 Å². The Morgan fingerprint density at radius 1 is 1.40 bits per heavy atom. The Kier molecular flexibility index (Phi) is 4.84. The van der Waals surface area contributed by atoms with Crippen LogP contribution in [0, 0.1) is 11.3 Å². The third kappa shape index (κ3) is 4.61. The van der Waals surface area contributed by atoms with E-state index in [2.05, 4.69) is 12.1 Å². The summed E-state index contributed by atoms with van der Waals surface area (Å²) >= 11 is 0. The molecule has 0 aliphatic heterocycles. The van der Waals surface area contributed by atoms with E-state index in [0.717, 1.165) is 6.42 Å². The van der Waals surface area contributed by atoms with E-state index in [1.165, 1.54) is 5.56 Å². The highest BCUT2D eigenvalue weighted by Crippen LogP contribution is 2.01. The van der Waals surface area contributed by atoms with Gasteiger partial charge in [0.05, 0.1) is 19.0 Å². The van der Waals surface area contributed by atoms with Crippen molar-refractivity contribution < 1.29 is 4.74 Å². The molecule has 0 aliphatic rings. The second-order valence-electron chi connectivity index (χ2n) is 3.67. The highest BCUT2D eigenvalue weighted by molar-refractivity contribution is 5.79. The van der Waals surface area contributed by atoms with E-state index in [9.17, 15) is 0 Å². The van der Waals surface area contributed by atoms with Crippen molar-refractivity contribution in [2.45, 2.75) is 13.3 Å². The van der Waals surface area contributed by atoms with Gasteiger partial charge >= 0.3 is 0 Å². The van der Waals surface area contributed by atoms with Gasteiger partial charge < -0.3 is 10.5 Å². The molecular formula is C12H18N2O. The standard InChI is InChI=1S/C12H18N2O/c1-10(12(13)14)9-15-8-7-11-5-3-2-4-6-11/h2-6,10H,7-9H2,1H3,(H3,13,14). The van der Waals surface area contributed by atoms with Crippen LogP contribution in [0.25, 0.3) is 0 Å². The van der Waals surface area contributed by atoms with Gasteiger partial charge in [0.15, 0.2) is 0 Å². The van der Waals surface area contributed by atoms with Gasteiger partial charge in [-0.25, -0.2) is 0 Å². The fourth-order valence-electron chi connectivity index (χ4n) is 1.18. The molecule has 1 aromatic rings. The number of nitrogens with one attached hydrogen (secondary N) is 1. The van der Waals surface area contributed by atoms with Crippen molar-refractivity contribution >= 4 is 5.84 Å². The summed E-state index contributed by atoms with van der Waals surface area (Å²) in [6.07, 6.45) is 0.908. The van der Waals surface area contributed by atoms with Crippen molar-refractivity contribution in [3.63, 3.8) is 0 Å². The summed E-state index contributed by atoms with van der Waals surface area (Å²) in [5.41, 5.74) is 6.60. The second-order valence-corrected chi connectivity index (χ2v) is 3.67. The molecule has 15 heavy (non-hydrogen) atoms. The highest BCUT2D eigenvalue weighted by atomic mass is 16.5. The maximum absolute atomic E-state index is 7.20. The average Bonchev–Trinajstić information content (AvgIpc) is 2.25. The Bertz CT molecular complexity index is 298. The predicted octanol–water partition coefficient (Wildman–Crippen LogP) is 1.82. The van der Waals surface area contributed by atoms with Crippen LogP contribution >= 0.6 is 0 Å². The first-order valence-electron chi connectivity index (χ1n) is 5.15. The van der Waals surface area contributed by atoms with E-state index in [4.69, 9.17) is 15.9 Å². The van der Waals surface area contributed by atoms with Crippen LogP contribution in [-0.2, 0) is 11.2 Å². The Hall–Kier alpha value is -1.35. The SMILES string of the molecule is CC(COCCc1ccccc1)C(=N)N. The maximum Gasteiger partial charge on any atom is 0.0957 e. The third-order valence-corrected chi connectivity index (χ3v) is 2.28. The number of amidine groups is 1. The zero-order chi connectivity index (χ0) is 11.1. The molecule has 0 bridgehead atoms. The molecule has 3 N–H and O–H groups in total. The fourth-order valence-corrected chi connectivity index (χ4v) is 1.18. The molecular weight excluding hydrogens is 188 g/mol. The monoisotopic (exact) mass is 206 g/mol. The molecule has 0 heterocycles. The Balaban J connectivity index is 2.15. The Morgan fingerprint density at radius 3 is 2.67 bits per heavy atom. The van der Waals surface area contributed by atoms with Crippen LogP contribution in [0.1, 0.15) is 12.5 Å². The van der Waals surface area contributed by atoms with Crippen molar-refractivity contribution in [1.82, 2.24) is 0 Å². The van der Waals surface area contributed by atoms with Crippen molar-refractivity contribution in [3.8, 4) is 0 Å². The van der Waals surface area contributed by atoms with Crippen LogP contribution < -0.4 is 5.73 Å². The summed E-state index contributed by atoms with van der Waals surface area (Å²) in [4.78, 5) is 0. The minimum absolute atomic E-state index is 0.0146. The maximum atomic E-state index is 7.20. The summed E-state index contributed by atoms with van der Waals surface area (Å²) in [6, 6.07) is 10.2. The van der Waals surface area contributed by atoms with Crippen molar-refractivity contribution in [3.05, 3.63) is 35.9 Å². The number of rotatable bonds is 6. The Morgan fingerprint density at radius 2 is 2.07 bits per heavy atom.